The van der Waals surface area contributed by atoms with Crippen molar-refractivity contribution in [2.45, 2.75) is 164 Å². The lowest BCUT2D eigenvalue weighted by molar-refractivity contribution is -0.452. The second-order valence-corrected chi connectivity index (χ2v) is 22.0. The van der Waals surface area contributed by atoms with E-state index in [1.807, 2.05) is 41.5 Å². The quantitative estimate of drug-likeness (QED) is 0.0200. The van der Waals surface area contributed by atoms with Crippen molar-refractivity contribution in [3.05, 3.63) is 0 Å². The normalized spacial score (nSPS) is 12.5. The first kappa shape index (κ1) is 74.7. The zero-order valence-electron chi connectivity index (χ0n) is 47.9. The fourth-order valence-corrected chi connectivity index (χ4v) is 11.8. The summed E-state index contributed by atoms with van der Waals surface area (Å²) in [7, 11) is -5.98. The minimum absolute atomic E-state index is 0.373. The van der Waals surface area contributed by atoms with Crippen LogP contribution in [0.1, 0.15) is 152 Å². The summed E-state index contributed by atoms with van der Waals surface area (Å²) in [6, 6.07) is 0.780. The van der Waals surface area contributed by atoms with Crippen molar-refractivity contribution in [3.8, 4) is 0 Å². The predicted octanol–water partition coefficient (Wildman–Crippen LogP) is 8.66. The molecule has 0 spiro atoms. The standard InChI is InChI=1S/C33H71NO11Si.C18H41NO7Si/c1-6-11-17-35-21-25-39-29-31-41-27-23-37-19-15-34(14-13-33-46(43-8-3,44-9-4)45-10-5)16-20-38-24-28-42-32-30-40-26-22-36-18-12-7-2;1-5-9-10-11-12-13-14-15-16-17-20-24-18(25-26-19)27(21-6-2,22-7-3)23-8-4/h6-33H2,1-5H3;18H,5-17,19H2,1-4H3. The van der Waals surface area contributed by atoms with E-state index >= 15 is 0 Å². The summed E-state index contributed by atoms with van der Waals surface area (Å²) in [5, 5.41) is 0. The molecule has 0 heterocycles. The Morgan fingerprint density at radius 2 is 0.671 bits per heavy atom. The molecule has 0 aromatic carbocycles. The minimum Gasteiger partial charge on any atom is -0.379 e. The fourth-order valence-electron chi connectivity index (χ4n) is 6.96. The molecule has 0 aliphatic rings. The molecule has 1 unspecified atom stereocenters. The summed E-state index contributed by atoms with van der Waals surface area (Å²) in [6.07, 6.45) is 16.5. The third kappa shape index (κ3) is 48.5. The van der Waals surface area contributed by atoms with Crippen LogP contribution in [0.4, 0.5) is 0 Å². The topological polar surface area (TPSA) is 195 Å². The molecule has 20 nitrogen and oxygen atoms in total. The van der Waals surface area contributed by atoms with E-state index in [4.69, 9.17) is 85.0 Å². The monoisotopic (exact) mass is 1100 g/mol. The first-order valence-corrected chi connectivity index (χ1v) is 32.1. The Morgan fingerprint density at radius 3 is 1.03 bits per heavy atom. The van der Waals surface area contributed by atoms with Crippen molar-refractivity contribution in [1.82, 2.24) is 4.90 Å². The molecule has 0 fully saturated rings. The first-order valence-electron chi connectivity index (χ1n) is 28.4. The van der Waals surface area contributed by atoms with Gasteiger partial charge in [0.25, 0.3) is 5.91 Å². The van der Waals surface area contributed by atoms with Gasteiger partial charge < -0.3 is 64.5 Å². The van der Waals surface area contributed by atoms with Crippen LogP contribution in [-0.2, 0) is 84.1 Å². The Kier molecular flexibility index (Phi) is 62.3. The highest BCUT2D eigenvalue weighted by atomic mass is 28.4. The molecule has 442 valence electrons. The van der Waals surface area contributed by atoms with Gasteiger partial charge in [0.05, 0.1) is 99.1 Å². The molecule has 73 heavy (non-hydrogen) atoms. The number of nitrogens with two attached hydrogens (primary N) is 1. The molecule has 2 N–H and O–H groups in total. The van der Waals surface area contributed by atoms with Gasteiger partial charge in [-0.3, -0.25) is 4.90 Å². The summed E-state index contributed by atoms with van der Waals surface area (Å²) < 4.78 is 80.2. The summed E-state index contributed by atoms with van der Waals surface area (Å²) in [5.74, 6) is 3.93. The average molecular weight is 1100 g/mol. The highest BCUT2D eigenvalue weighted by Crippen LogP contribution is 2.21. The highest BCUT2D eigenvalue weighted by molar-refractivity contribution is 6.61. The van der Waals surface area contributed by atoms with Gasteiger partial charge in [0.15, 0.2) is 0 Å². The van der Waals surface area contributed by atoms with Gasteiger partial charge in [-0.25, -0.2) is 4.89 Å². The smallest absolute Gasteiger partial charge is 0.379 e. The molecule has 0 saturated heterocycles. The van der Waals surface area contributed by atoms with Gasteiger partial charge in [-0.1, -0.05) is 85.0 Å². The van der Waals surface area contributed by atoms with Crippen LogP contribution in [-0.4, -0.2) is 200 Å². The van der Waals surface area contributed by atoms with E-state index in [0.717, 1.165) is 83.8 Å². The molecule has 0 saturated carbocycles. The molecule has 22 heteroatoms. The van der Waals surface area contributed by atoms with Gasteiger partial charge in [0.2, 0.25) is 0 Å². The predicted molar refractivity (Wildman–Crippen MR) is 288 cm³/mol. The third-order valence-corrected chi connectivity index (χ3v) is 16.6. The molecular formula is C51H112N2O18Si2. The molecule has 0 aliphatic carbocycles. The van der Waals surface area contributed by atoms with Crippen molar-refractivity contribution in [2.24, 2.45) is 5.90 Å². The van der Waals surface area contributed by atoms with E-state index in [-0.39, 0.29) is 0 Å². The molecule has 0 aromatic rings. The van der Waals surface area contributed by atoms with Gasteiger partial charge in [-0.2, -0.15) is 15.7 Å². The number of ether oxygens (including phenoxy) is 8. The number of rotatable bonds is 61. The number of hydrogen-bond donors (Lipinski definition) is 1. The van der Waals surface area contributed by atoms with Crippen LogP contribution in [0.15, 0.2) is 0 Å². The molecule has 0 aromatic heterocycles. The van der Waals surface area contributed by atoms with Crippen LogP contribution in [0.25, 0.3) is 0 Å². The lowest BCUT2D eigenvalue weighted by Gasteiger charge is -2.32. The third-order valence-electron chi connectivity index (χ3n) is 10.6. The Hall–Kier alpha value is -0.366. The van der Waals surface area contributed by atoms with E-state index in [9.17, 15) is 0 Å². The maximum Gasteiger partial charge on any atom is 0.566 e. The van der Waals surface area contributed by atoms with E-state index < -0.39 is 23.5 Å². The summed E-state index contributed by atoms with van der Waals surface area (Å²) in [5.41, 5.74) is 0. The second kappa shape index (κ2) is 60.9. The Labute approximate surface area is 446 Å². The molecule has 0 rings (SSSR count). The molecular weight excluding hydrogens is 985 g/mol. The maximum absolute atomic E-state index is 6.03. The van der Waals surface area contributed by atoms with Crippen LogP contribution >= 0.6 is 0 Å². The first-order chi connectivity index (χ1) is 35.9. The van der Waals surface area contributed by atoms with E-state index in [1.54, 1.807) is 0 Å². The van der Waals surface area contributed by atoms with Gasteiger partial charge in [0, 0.05) is 72.0 Å². The highest BCUT2D eigenvalue weighted by Gasteiger charge is 2.54. The fraction of sp³-hybridized carbons (Fsp3) is 1.00. The lowest BCUT2D eigenvalue weighted by Crippen LogP contribution is -2.59. The van der Waals surface area contributed by atoms with Crippen molar-refractivity contribution < 1.29 is 84.1 Å². The lowest BCUT2D eigenvalue weighted by atomic mass is 10.1. The maximum atomic E-state index is 6.03. The SMILES string of the molecule is CCCCCCCCCCCOOC(OON)[Si](OCC)(OCC)OCC.CCCCOCCOCCOCCOCCN(CCC[Si](OCC)(OCC)OCC)CCOCCOCCOCCOCCCC. The van der Waals surface area contributed by atoms with Crippen molar-refractivity contribution in [2.75, 3.05) is 172 Å². The Balaban J connectivity index is 0. The number of hydrogen-bond acceptors (Lipinski definition) is 20. The van der Waals surface area contributed by atoms with Crippen LogP contribution in [0, 0.1) is 0 Å². The average Bonchev–Trinajstić information content (AvgIpc) is 3.38. The zero-order chi connectivity index (χ0) is 53.9. The number of unbranched alkanes of at least 4 members (excludes halogenated alkanes) is 10. The zero-order valence-corrected chi connectivity index (χ0v) is 49.9. The molecule has 0 aliphatic heterocycles. The minimum atomic E-state index is -3.32. The van der Waals surface area contributed by atoms with Crippen LogP contribution in [0.5, 0.6) is 0 Å². The van der Waals surface area contributed by atoms with Crippen LogP contribution < -0.4 is 5.90 Å². The van der Waals surface area contributed by atoms with Crippen molar-refractivity contribution in [3.63, 3.8) is 0 Å². The van der Waals surface area contributed by atoms with Gasteiger partial charge >= 0.3 is 17.6 Å². The largest absolute Gasteiger partial charge is 0.566 e. The van der Waals surface area contributed by atoms with Crippen LogP contribution in [0.3, 0.4) is 0 Å². The van der Waals surface area contributed by atoms with E-state index in [0.29, 0.717) is 139 Å². The van der Waals surface area contributed by atoms with Gasteiger partial charge in [0.1, 0.15) is 0 Å². The van der Waals surface area contributed by atoms with E-state index in [2.05, 4.69) is 30.7 Å². The molecule has 0 radical (unpaired) electrons. The molecule has 0 bridgehead atoms. The Bertz CT molecular complexity index is 979. The summed E-state index contributed by atoms with van der Waals surface area (Å²) in [4.78, 5) is 22.2. The number of nitrogens with zero attached hydrogens (tertiary/aromatic N) is 1. The van der Waals surface area contributed by atoms with Crippen LogP contribution in [0.2, 0.25) is 6.04 Å². The molecule has 1 atom stereocenters. The molecule has 0 amide bonds. The van der Waals surface area contributed by atoms with Crippen molar-refractivity contribution in [1.29, 1.82) is 0 Å². The van der Waals surface area contributed by atoms with Crippen molar-refractivity contribution >= 4 is 17.6 Å². The second-order valence-electron chi connectivity index (χ2n) is 16.7. The Morgan fingerprint density at radius 1 is 0.329 bits per heavy atom. The summed E-state index contributed by atoms with van der Waals surface area (Å²) in [6.45, 7) is 33.5. The summed E-state index contributed by atoms with van der Waals surface area (Å²) >= 11 is 0. The van der Waals surface area contributed by atoms with Gasteiger partial charge in [-0.05, 0) is 73.8 Å². The van der Waals surface area contributed by atoms with Gasteiger partial charge in [-0.15, -0.1) is 4.99 Å². The van der Waals surface area contributed by atoms with E-state index in [1.165, 1.54) is 44.9 Å².